The summed E-state index contributed by atoms with van der Waals surface area (Å²) in [6.07, 6.45) is 0.173. The molecule has 0 aliphatic heterocycles. The molecule has 1 aromatic carbocycles. The van der Waals surface area contributed by atoms with Crippen LogP contribution in [0.1, 0.15) is 12.6 Å². The Hall–Kier alpha value is -1.11. The molecule has 0 radical (unpaired) electrons. The van der Waals surface area contributed by atoms with Crippen molar-refractivity contribution in [3.05, 3.63) is 32.7 Å². The predicted molar refractivity (Wildman–Crippen MR) is 87.1 cm³/mol. The second kappa shape index (κ2) is 7.24. The van der Waals surface area contributed by atoms with Gasteiger partial charge in [-0.05, 0) is 19.1 Å². The lowest BCUT2D eigenvalue weighted by atomic mass is 10.2. The number of carbonyl (C=O) groups excluding carboxylic acids is 1. The fourth-order valence-corrected chi connectivity index (χ4v) is 3.61. The third-order valence-corrected chi connectivity index (χ3v) is 4.53. The quantitative estimate of drug-likeness (QED) is 0.713. The maximum absolute atomic E-state index is 11.5. The zero-order valence-corrected chi connectivity index (χ0v) is 14.6. The summed E-state index contributed by atoms with van der Waals surface area (Å²) in [7, 11) is 1.56. The second-order valence-corrected chi connectivity index (χ2v) is 6.21. The van der Waals surface area contributed by atoms with E-state index in [1.165, 1.54) is 11.3 Å². The molecule has 1 aromatic heterocycles. The number of aromatic nitrogens is 1. The summed E-state index contributed by atoms with van der Waals surface area (Å²) < 4.78 is 11.0. The molecule has 0 amide bonds. The fourth-order valence-electron chi connectivity index (χ4n) is 1.72. The molecule has 0 atom stereocenters. The van der Waals surface area contributed by atoms with E-state index in [0.717, 1.165) is 15.0 Å². The third kappa shape index (κ3) is 3.96. The minimum atomic E-state index is -0.276. The van der Waals surface area contributed by atoms with Crippen molar-refractivity contribution in [2.75, 3.05) is 13.7 Å². The summed E-state index contributed by atoms with van der Waals surface area (Å²) >= 11 is 11.0. The van der Waals surface area contributed by atoms with Crippen molar-refractivity contribution >= 4 is 44.8 Å². The summed E-state index contributed by atoms with van der Waals surface area (Å²) in [5.41, 5.74) is 1.56. The molecular weight excluding hydrogens is 378 g/mol. The summed E-state index contributed by atoms with van der Waals surface area (Å²) in [6.45, 7) is 2.15. The topological polar surface area (TPSA) is 48.4 Å². The average Bonchev–Trinajstić information content (AvgIpc) is 2.87. The molecule has 0 bridgehead atoms. The lowest BCUT2D eigenvalue weighted by Gasteiger charge is -2.07. The van der Waals surface area contributed by atoms with Gasteiger partial charge < -0.3 is 9.47 Å². The number of halogens is 2. The van der Waals surface area contributed by atoms with Gasteiger partial charge in [0, 0.05) is 15.4 Å². The van der Waals surface area contributed by atoms with Gasteiger partial charge in [0.25, 0.3) is 0 Å². The van der Waals surface area contributed by atoms with E-state index in [1.54, 1.807) is 20.1 Å². The molecule has 0 spiro atoms. The highest BCUT2D eigenvalue weighted by Gasteiger charge is 2.14. The van der Waals surface area contributed by atoms with Gasteiger partial charge in [-0.15, -0.1) is 11.3 Å². The Morgan fingerprint density at radius 1 is 1.48 bits per heavy atom. The summed E-state index contributed by atoms with van der Waals surface area (Å²) in [4.78, 5) is 15.9. The highest BCUT2D eigenvalue weighted by molar-refractivity contribution is 9.10. The van der Waals surface area contributed by atoms with E-state index < -0.39 is 0 Å². The van der Waals surface area contributed by atoms with Crippen molar-refractivity contribution in [2.24, 2.45) is 0 Å². The Bertz CT molecular complexity index is 660. The lowest BCUT2D eigenvalue weighted by molar-refractivity contribution is -0.142. The van der Waals surface area contributed by atoms with Crippen LogP contribution in [0.2, 0.25) is 5.02 Å². The molecule has 21 heavy (non-hydrogen) atoms. The van der Waals surface area contributed by atoms with Gasteiger partial charge in [-0.2, -0.15) is 0 Å². The highest BCUT2D eigenvalue weighted by Crippen LogP contribution is 2.38. The van der Waals surface area contributed by atoms with Crippen LogP contribution < -0.4 is 4.74 Å². The first-order chi connectivity index (χ1) is 10.0. The van der Waals surface area contributed by atoms with Crippen molar-refractivity contribution < 1.29 is 14.3 Å². The van der Waals surface area contributed by atoms with Crippen LogP contribution in [-0.4, -0.2) is 24.7 Å². The maximum Gasteiger partial charge on any atom is 0.311 e. The first-order valence-electron chi connectivity index (χ1n) is 6.18. The average molecular weight is 391 g/mol. The smallest absolute Gasteiger partial charge is 0.311 e. The molecule has 4 nitrogen and oxygen atoms in total. The minimum absolute atomic E-state index is 0.173. The second-order valence-electron chi connectivity index (χ2n) is 4.09. The van der Waals surface area contributed by atoms with E-state index >= 15 is 0 Å². The summed E-state index contributed by atoms with van der Waals surface area (Å²) in [6, 6.07) is 3.58. The summed E-state index contributed by atoms with van der Waals surface area (Å²) in [5.74, 6) is 0.305. The molecule has 0 N–H and O–H groups in total. The number of rotatable bonds is 5. The minimum Gasteiger partial charge on any atom is -0.495 e. The van der Waals surface area contributed by atoms with Gasteiger partial charge in [-0.1, -0.05) is 27.5 Å². The van der Waals surface area contributed by atoms with Crippen molar-refractivity contribution in [1.82, 2.24) is 4.98 Å². The van der Waals surface area contributed by atoms with Crippen LogP contribution in [0.15, 0.2) is 22.0 Å². The van der Waals surface area contributed by atoms with Gasteiger partial charge in [0.15, 0.2) is 0 Å². The molecule has 2 rings (SSSR count). The molecule has 0 unspecified atom stereocenters. The van der Waals surface area contributed by atoms with Crippen LogP contribution in [0.25, 0.3) is 10.6 Å². The number of benzene rings is 1. The zero-order valence-electron chi connectivity index (χ0n) is 11.5. The molecular formula is C14H13BrClNO3S. The largest absolute Gasteiger partial charge is 0.495 e. The number of hydrogen-bond donors (Lipinski definition) is 0. The molecule has 0 aliphatic carbocycles. The van der Waals surface area contributed by atoms with Crippen molar-refractivity contribution in [1.29, 1.82) is 0 Å². The van der Waals surface area contributed by atoms with Crippen LogP contribution in [0.3, 0.4) is 0 Å². The van der Waals surface area contributed by atoms with Crippen molar-refractivity contribution in [3.8, 4) is 16.3 Å². The van der Waals surface area contributed by atoms with Gasteiger partial charge >= 0.3 is 5.97 Å². The number of carbonyl (C=O) groups is 1. The van der Waals surface area contributed by atoms with Gasteiger partial charge in [-0.25, -0.2) is 4.98 Å². The molecule has 0 saturated heterocycles. The molecule has 0 aliphatic rings. The SMILES string of the molecule is CCOC(=O)Cc1csc(-c2cc(OC)c(Cl)cc2Br)n1. The Balaban J connectivity index is 2.27. The van der Waals surface area contributed by atoms with E-state index in [9.17, 15) is 4.79 Å². The Kier molecular flexibility index (Phi) is 5.61. The molecule has 2 aromatic rings. The number of thiazole rings is 1. The number of nitrogens with zero attached hydrogens (tertiary/aromatic N) is 1. The lowest BCUT2D eigenvalue weighted by Crippen LogP contribution is -2.07. The van der Waals surface area contributed by atoms with Crippen LogP contribution in [-0.2, 0) is 16.0 Å². The fraction of sp³-hybridized carbons (Fsp3) is 0.286. The van der Waals surface area contributed by atoms with Gasteiger partial charge in [0.05, 0.1) is 30.9 Å². The first kappa shape index (κ1) is 16.3. The highest BCUT2D eigenvalue weighted by atomic mass is 79.9. The van der Waals surface area contributed by atoms with Gasteiger partial charge in [0.2, 0.25) is 0 Å². The molecule has 0 fully saturated rings. The van der Waals surface area contributed by atoms with Crippen LogP contribution in [0.4, 0.5) is 0 Å². The van der Waals surface area contributed by atoms with E-state index in [2.05, 4.69) is 20.9 Å². The Morgan fingerprint density at radius 3 is 2.90 bits per heavy atom. The maximum atomic E-state index is 11.5. The molecule has 0 saturated carbocycles. The van der Waals surface area contributed by atoms with Crippen molar-refractivity contribution in [3.63, 3.8) is 0 Å². The van der Waals surface area contributed by atoms with E-state index in [1.807, 2.05) is 11.4 Å². The normalized spacial score (nSPS) is 10.5. The Labute approximate surface area is 140 Å². The predicted octanol–water partition coefficient (Wildman–Crippen LogP) is 4.34. The molecule has 112 valence electrons. The third-order valence-electron chi connectivity index (χ3n) is 2.65. The number of methoxy groups -OCH3 is 1. The summed E-state index contributed by atoms with van der Waals surface area (Å²) in [5, 5.41) is 3.16. The van der Waals surface area contributed by atoms with Crippen LogP contribution in [0, 0.1) is 0 Å². The molecule has 1 heterocycles. The standard InChI is InChI=1S/C14H13BrClNO3S/c1-3-20-13(18)4-8-7-21-14(17-8)9-5-12(19-2)11(16)6-10(9)15/h5-7H,3-4H2,1-2H3. The van der Waals surface area contributed by atoms with Crippen LogP contribution >= 0.6 is 38.9 Å². The van der Waals surface area contributed by atoms with Crippen LogP contribution in [0.5, 0.6) is 5.75 Å². The number of esters is 1. The number of ether oxygens (including phenoxy) is 2. The van der Waals surface area contributed by atoms with E-state index in [0.29, 0.717) is 23.1 Å². The van der Waals surface area contributed by atoms with E-state index in [-0.39, 0.29) is 12.4 Å². The van der Waals surface area contributed by atoms with Gasteiger partial charge in [-0.3, -0.25) is 4.79 Å². The first-order valence-corrected chi connectivity index (χ1v) is 8.23. The van der Waals surface area contributed by atoms with Crippen molar-refractivity contribution in [2.45, 2.75) is 13.3 Å². The van der Waals surface area contributed by atoms with E-state index in [4.69, 9.17) is 21.1 Å². The monoisotopic (exact) mass is 389 g/mol. The Morgan fingerprint density at radius 2 is 2.24 bits per heavy atom. The molecule has 7 heteroatoms. The number of hydrogen-bond acceptors (Lipinski definition) is 5. The zero-order chi connectivity index (χ0) is 15.4. The van der Waals surface area contributed by atoms with Gasteiger partial charge in [0.1, 0.15) is 10.8 Å².